The Labute approximate surface area is 223 Å². The van der Waals surface area contributed by atoms with Gasteiger partial charge in [-0.25, -0.2) is 22.2 Å². The van der Waals surface area contributed by atoms with E-state index in [-0.39, 0.29) is 30.2 Å². The van der Waals surface area contributed by atoms with Crippen molar-refractivity contribution in [1.82, 2.24) is 8.87 Å². The van der Waals surface area contributed by atoms with Crippen molar-refractivity contribution in [3.63, 3.8) is 0 Å². The Bertz CT molecular complexity index is 1360. The third-order valence-corrected chi connectivity index (χ3v) is 8.09. The standard InChI is InChI=1S/C26H35N5O6S/c1-17-8-9-22(38(35,36)31-12-10-21(23(31)28-5)29-18(2)15-27)20(13-17)14-26(3,4)37-25(34)30-11-6-7-19(16-30)24(32)33/h8-10,12-13,19H,5-7,11,14-16,27H2,1-4H3,(H,32,33)/t19-/m1/s1. The number of aliphatic carboxylic acids is 1. The first-order valence-electron chi connectivity index (χ1n) is 12.3. The molecule has 2 aromatic rings. The van der Waals surface area contributed by atoms with E-state index >= 15 is 0 Å². The first kappa shape index (κ1) is 29.1. The zero-order valence-electron chi connectivity index (χ0n) is 22.2. The SMILES string of the molecule is C=Nc1c(N=C(C)CN)ccn1S(=O)(=O)c1ccc(C)cc1CC(C)(C)OC(=O)N1CCC[C@@H](C(=O)O)C1. The first-order chi connectivity index (χ1) is 17.8. The van der Waals surface area contributed by atoms with Crippen molar-refractivity contribution in [1.29, 1.82) is 0 Å². The number of likely N-dealkylation sites (tertiary alicyclic amines) is 1. The van der Waals surface area contributed by atoms with Gasteiger partial charge in [0.25, 0.3) is 10.0 Å². The Morgan fingerprint density at radius 3 is 2.63 bits per heavy atom. The number of carboxylic acids is 1. The maximum atomic E-state index is 13.8. The molecule has 3 rings (SSSR count). The summed E-state index contributed by atoms with van der Waals surface area (Å²) in [5.41, 5.74) is 6.76. The molecule has 1 fully saturated rings. The van der Waals surface area contributed by atoms with Crippen LogP contribution in [0.3, 0.4) is 0 Å². The van der Waals surface area contributed by atoms with E-state index in [1.807, 2.05) is 6.92 Å². The number of hydrogen-bond donors (Lipinski definition) is 2. The highest BCUT2D eigenvalue weighted by Gasteiger charge is 2.34. The Kier molecular flexibility index (Phi) is 8.78. The monoisotopic (exact) mass is 545 g/mol. The molecule has 1 saturated heterocycles. The van der Waals surface area contributed by atoms with Gasteiger partial charge in [0.1, 0.15) is 11.3 Å². The van der Waals surface area contributed by atoms with Crippen LogP contribution in [0.15, 0.2) is 45.3 Å². The molecule has 0 aliphatic carbocycles. The van der Waals surface area contributed by atoms with Gasteiger partial charge in [0.2, 0.25) is 0 Å². The zero-order valence-corrected chi connectivity index (χ0v) is 23.0. The number of nitrogens with two attached hydrogens (primary N) is 1. The van der Waals surface area contributed by atoms with Crippen molar-refractivity contribution >= 4 is 46.0 Å². The molecule has 0 spiro atoms. The number of piperidine rings is 1. The van der Waals surface area contributed by atoms with Crippen molar-refractivity contribution in [2.24, 2.45) is 21.6 Å². The van der Waals surface area contributed by atoms with Gasteiger partial charge in [-0.2, -0.15) is 0 Å². The molecule has 2 heterocycles. The predicted molar refractivity (Wildman–Crippen MR) is 145 cm³/mol. The number of hydrogen-bond acceptors (Lipinski definition) is 8. The summed E-state index contributed by atoms with van der Waals surface area (Å²) in [5.74, 6) is -1.51. The van der Waals surface area contributed by atoms with Crippen molar-refractivity contribution in [3.05, 3.63) is 41.6 Å². The van der Waals surface area contributed by atoms with Gasteiger partial charge in [-0.15, -0.1) is 0 Å². The van der Waals surface area contributed by atoms with Crippen LogP contribution in [0.4, 0.5) is 16.3 Å². The van der Waals surface area contributed by atoms with Crippen LogP contribution in [0.25, 0.3) is 0 Å². The number of carbonyl (C=O) groups excluding carboxylic acids is 1. The molecule has 1 aliphatic heterocycles. The lowest BCUT2D eigenvalue weighted by atomic mass is 9.97. The smallest absolute Gasteiger partial charge is 0.410 e. The Morgan fingerprint density at radius 2 is 2.00 bits per heavy atom. The summed E-state index contributed by atoms with van der Waals surface area (Å²) < 4.78 is 34.4. The lowest BCUT2D eigenvalue weighted by molar-refractivity contribution is -0.143. The molecule has 1 amide bonds. The molecule has 206 valence electrons. The number of benzene rings is 1. The van der Waals surface area contributed by atoms with Crippen LogP contribution in [0.1, 0.15) is 44.7 Å². The summed E-state index contributed by atoms with van der Waals surface area (Å²) in [4.78, 5) is 33.9. The number of aryl methyl sites for hydroxylation is 1. The Hall–Kier alpha value is -3.51. The normalized spacial score (nSPS) is 16.8. The highest BCUT2D eigenvalue weighted by Crippen LogP contribution is 2.34. The fraction of sp³-hybridized carbons (Fsp3) is 0.462. The van der Waals surface area contributed by atoms with Gasteiger partial charge < -0.3 is 20.5 Å². The Morgan fingerprint density at radius 1 is 1.29 bits per heavy atom. The highest BCUT2D eigenvalue weighted by molar-refractivity contribution is 7.90. The summed E-state index contributed by atoms with van der Waals surface area (Å²) in [6.07, 6.45) is 1.92. The maximum Gasteiger partial charge on any atom is 0.410 e. The quantitative estimate of drug-likeness (QED) is 0.455. The molecule has 0 bridgehead atoms. The van der Waals surface area contributed by atoms with E-state index in [9.17, 15) is 23.1 Å². The molecule has 1 aliphatic rings. The fourth-order valence-corrected chi connectivity index (χ4v) is 5.94. The van der Waals surface area contributed by atoms with Gasteiger partial charge in [-0.1, -0.05) is 17.7 Å². The summed E-state index contributed by atoms with van der Waals surface area (Å²) in [6, 6.07) is 6.48. The lowest BCUT2D eigenvalue weighted by Gasteiger charge is -2.34. The van der Waals surface area contributed by atoms with E-state index < -0.39 is 33.6 Å². The molecule has 0 radical (unpaired) electrons. The van der Waals surface area contributed by atoms with E-state index in [0.29, 0.717) is 36.3 Å². The average Bonchev–Trinajstić information content (AvgIpc) is 3.26. The molecule has 0 saturated carbocycles. The highest BCUT2D eigenvalue weighted by atomic mass is 32.2. The van der Waals surface area contributed by atoms with Crippen LogP contribution in [-0.2, 0) is 26.0 Å². The number of ether oxygens (including phenoxy) is 1. The largest absolute Gasteiger partial charge is 0.481 e. The summed E-state index contributed by atoms with van der Waals surface area (Å²) in [6.45, 7) is 11.2. The van der Waals surface area contributed by atoms with Crippen molar-refractivity contribution < 1.29 is 27.9 Å². The van der Waals surface area contributed by atoms with Crippen molar-refractivity contribution in [3.8, 4) is 0 Å². The summed E-state index contributed by atoms with van der Waals surface area (Å²) in [7, 11) is -4.12. The molecule has 12 heteroatoms. The molecular formula is C26H35N5O6S. The second-order valence-electron chi connectivity index (χ2n) is 10.1. The molecule has 1 atom stereocenters. The van der Waals surface area contributed by atoms with Gasteiger partial charge in [-0.3, -0.25) is 9.79 Å². The van der Waals surface area contributed by atoms with E-state index in [0.717, 1.165) is 9.54 Å². The lowest BCUT2D eigenvalue weighted by Crippen LogP contribution is -2.45. The summed E-state index contributed by atoms with van der Waals surface area (Å²) in [5, 5.41) is 9.33. The second-order valence-corrected chi connectivity index (χ2v) is 11.9. The average molecular weight is 546 g/mol. The van der Waals surface area contributed by atoms with Gasteiger partial charge in [0.15, 0.2) is 5.82 Å². The fourth-order valence-electron chi connectivity index (χ4n) is 4.42. The van der Waals surface area contributed by atoms with Gasteiger partial charge in [0.05, 0.1) is 10.8 Å². The summed E-state index contributed by atoms with van der Waals surface area (Å²) >= 11 is 0. The van der Waals surface area contributed by atoms with Crippen LogP contribution in [0.5, 0.6) is 0 Å². The molecule has 38 heavy (non-hydrogen) atoms. The molecule has 3 N–H and O–H groups in total. The predicted octanol–water partition coefficient (Wildman–Crippen LogP) is 3.67. The van der Waals surface area contributed by atoms with Crippen molar-refractivity contribution in [2.45, 2.75) is 57.5 Å². The van der Waals surface area contributed by atoms with Crippen LogP contribution < -0.4 is 5.73 Å². The number of rotatable bonds is 9. The number of aromatic nitrogens is 1. The molecular weight excluding hydrogens is 510 g/mol. The third kappa shape index (κ3) is 6.48. The number of nitrogens with zero attached hydrogens (tertiary/aromatic N) is 4. The number of aliphatic imine (C=N–C) groups is 2. The molecule has 0 unspecified atom stereocenters. The minimum absolute atomic E-state index is 0.0303. The molecule has 11 nitrogen and oxygen atoms in total. The minimum Gasteiger partial charge on any atom is -0.481 e. The third-order valence-electron chi connectivity index (χ3n) is 6.32. The van der Waals surface area contributed by atoms with Crippen LogP contribution in [0, 0.1) is 12.8 Å². The van der Waals surface area contributed by atoms with E-state index in [1.165, 1.54) is 23.2 Å². The van der Waals surface area contributed by atoms with Crippen LogP contribution in [-0.4, -0.2) is 72.1 Å². The van der Waals surface area contributed by atoms with E-state index in [4.69, 9.17) is 10.5 Å². The van der Waals surface area contributed by atoms with Crippen molar-refractivity contribution in [2.75, 3.05) is 19.6 Å². The molecule has 1 aromatic heterocycles. The first-order valence-corrected chi connectivity index (χ1v) is 13.7. The zero-order chi connectivity index (χ0) is 28.3. The van der Waals surface area contributed by atoms with Crippen LogP contribution >= 0.6 is 0 Å². The van der Waals surface area contributed by atoms with E-state index in [2.05, 4.69) is 16.7 Å². The molecule has 1 aromatic carbocycles. The Balaban J connectivity index is 1.92. The van der Waals surface area contributed by atoms with E-state index in [1.54, 1.807) is 32.9 Å². The van der Waals surface area contributed by atoms with Gasteiger partial charge in [-0.05, 0) is 65.0 Å². The van der Waals surface area contributed by atoms with Gasteiger partial charge in [0, 0.05) is 38.0 Å². The minimum atomic E-state index is -4.12. The number of amides is 1. The topological polar surface area (TPSA) is 157 Å². The number of carbonyl (C=O) groups is 2. The van der Waals surface area contributed by atoms with Gasteiger partial charge >= 0.3 is 12.1 Å². The van der Waals surface area contributed by atoms with Crippen LogP contribution in [0.2, 0.25) is 0 Å². The second kappa shape index (κ2) is 11.5. The maximum absolute atomic E-state index is 13.8. The number of carboxylic acid groups (broad SMARTS) is 1.